The van der Waals surface area contributed by atoms with E-state index in [2.05, 4.69) is 4.74 Å². The second-order valence-corrected chi connectivity index (χ2v) is 5.28. The van der Waals surface area contributed by atoms with Crippen molar-refractivity contribution in [3.05, 3.63) is 0 Å². The minimum atomic E-state index is -5.26. The van der Waals surface area contributed by atoms with Crippen molar-refractivity contribution in [2.75, 3.05) is 6.61 Å². The molecule has 0 saturated heterocycles. The van der Waals surface area contributed by atoms with E-state index in [1.54, 1.807) is 0 Å². The van der Waals surface area contributed by atoms with Gasteiger partial charge in [0.2, 0.25) is 0 Å². The van der Waals surface area contributed by atoms with Crippen LogP contribution in [0.25, 0.3) is 0 Å². The Labute approximate surface area is 130 Å². The number of hydrogen-bond donors (Lipinski definition) is 0. The van der Waals surface area contributed by atoms with Gasteiger partial charge in [-0.1, -0.05) is 6.92 Å². The predicted octanol–water partition coefficient (Wildman–Crippen LogP) is 5.12. The molecule has 144 valence electrons. The SMILES string of the molecule is CCC(C)(C(=O)OCC(F)(F)C(F)(F)CCC(F)(F)F)C(F)(F)F. The van der Waals surface area contributed by atoms with E-state index in [-0.39, 0.29) is 0 Å². The summed E-state index contributed by atoms with van der Waals surface area (Å²) in [6.45, 7) is -1.25. The lowest BCUT2D eigenvalue weighted by atomic mass is 9.87. The fraction of sp³-hybridized carbons (Fsp3) is 0.917. The molecule has 0 aromatic carbocycles. The number of alkyl halides is 10. The number of rotatable bonds is 7. The van der Waals surface area contributed by atoms with Crippen molar-refractivity contribution >= 4 is 5.97 Å². The van der Waals surface area contributed by atoms with Crippen molar-refractivity contribution in [3.63, 3.8) is 0 Å². The molecule has 0 aliphatic heterocycles. The maximum Gasteiger partial charge on any atom is 0.404 e. The summed E-state index contributed by atoms with van der Waals surface area (Å²) in [5, 5.41) is 0. The minimum Gasteiger partial charge on any atom is -0.458 e. The highest BCUT2D eigenvalue weighted by Crippen LogP contribution is 2.44. The van der Waals surface area contributed by atoms with E-state index in [1.807, 2.05) is 0 Å². The molecular weight excluding hydrogens is 366 g/mol. The van der Waals surface area contributed by atoms with Crippen LogP contribution < -0.4 is 0 Å². The number of hydrogen-bond acceptors (Lipinski definition) is 2. The molecule has 0 bridgehead atoms. The van der Waals surface area contributed by atoms with Crippen LogP contribution in [0.15, 0.2) is 0 Å². The highest BCUT2D eigenvalue weighted by molar-refractivity contribution is 5.77. The van der Waals surface area contributed by atoms with Crippen molar-refractivity contribution in [2.45, 2.75) is 57.3 Å². The maximum atomic E-state index is 13.2. The van der Waals surface area contributed by atoms with E-state index in [9.17, 15) is 48.7 Å². The summed E-state index contributed by atoms with van der Waals surface area (Å²) in [4.78, 5) is 11.3. The van der Waals surface area contributed by atoms with Crippen LogP contribution in [0.3, 0.4) is 0 Å². The Bertz CT molecular complexity index is 440. The third-order valence-corrected chi connectivity index (χ3v) is 3.43. The maximum absolute atomic E-state index is 13.2. The van der Waals surface area contributed by atoms with E-state index in [4.69, 9.17) is 0 Å². The van der Waals surface area contributed by atoms with E-state index >= 15 is 0 Å². The molecule has 24 heavy (non-hydrogen) atoms. The largest absolute Gasteiger partial charge is 0.458 e. The molecule has 0 rings (SSSR count). The Morgan fingerprint density at radius 3 is 1.62 bits per heavy atom. The fourth-order valence-corrected chi connectivity index (χ4v) is 1.36. The molecule has 0 saturated carbocycles. The monoisotopic (exact) mass is 380 g/mol. The Morgan fingerprint density at radius 2 is 1.29 bits per heavy atom. The van der Waals surface area contributed by atoms with Crippen LogP contribution in [0.5, 0.6) is 0 Å². The summed E-state index contributed by atoms with van der Waals surface area (Å²) in [5.41, 5.74) is -3.20. The van der Waals surface area contributed by atoms with Gasteiger partial charge in [0.15, 0.2) is 12.0 Å². The van der Waals surface area contributed by atoms with Crippen molar-refractivity contribution in [3.8, 4) is 0 Å². The molecule has 0 aliphatic rings. The standard InChI is InChI=1S/C12H14F10O2/c1-3-8(2,12(20,21)22)7(23)24-6-10(15,16)9(13,14)4-5-11(17,18)19/h3-6H2,1-2H3. The molecule has 0 N–H and O–H groups in total. The van der Waals surface area contributed by atoms with Gasteiger partial charge < -0.3 is 4.74 Å². The van der Waals surface area contributed by atoms with Crippen molar-refractivity contribution < 1.29 is 53.4 Å². The predicted molar refractivity (Wildman–Crippen MR) is 60.6 cm³/mol. The van der Waals surface area contributed by atoms with Crippen molar-refractivity contribution in [2.24, 2.45) is 5.41 Å². The molecule has 2 nitrogen and oxygen atoms in total. The third kappa shape index (κ3) is 5.40. The van der Waals surface area contributed by atoms with Crippen molar-refractivity contribution in [1.82, 2.24) is 0 Å². The van der Waals surface area contributed by atoms with Crippen LogP contribution in [0.4, 0.5) is 43.9 Å². The smallest absolute Gasteiger partial charge is 0.404 e. The van der Waals surface area contributed by atoms with Gasteiger partial charge in [0.1, 0.15) is 0 Å². The zero-order valence-electron chi connectivity index (χ0n) is 12.4. The number of halogens is 10. The number of carbonyl (C=O) groups is 1. The van der Waals surface area contributed by atoms with E-state index in [1.165, 1.54) is 0 Å². The lowest BCUT2D eigenvalue weighted by Crippen LogP contribution is -2.48. The summed E-state index contributed by atoms with van der Waals surface area (Å²) >= 11 is 0. The van der Waals surface area contributed by atoms with Gasteiger partial charge in [-0.25, -0.2) is 0 Å². The summed E-state index contributed by atoms with van der Waals surface area (Å²) in [6.07, 6.45) is -15.8. The first kappa shape index (κ1) is 22.8. The summed E-state index contributed by atoms with van der Waals surface area (Å²) in [5.74, 6) is -12.7. The molecule has 1 unspecified atom stereocenters. The quantitative estimate of drug-likeness (QED) is 0.453. The van der Waals surface area contributed by atoms with Crippen LogP contribution >= 0.6 is 0 Å². The lowest BCUT2D eigenvalue weighted by Gasteiger charge is -2.31. The van der Waals surface area contributed by atoms with Gasteiger partial charge in [0.25, 0.3) is 0 Å². The molecule has 0 aliphatic carbocycles. The van der Waals surface area contributed by atoms with Gasteiger partial charge in [0.05, 0.1) is 0 Å². The van der Waals surface area contributed by atoms with E-state index < -0.39 is 61.5 Å². The Balaban J connectivity index is 5.02. The fourth-order valence-electron chi connectivity index (χ4n) is 1.36. The van der Waals surface area contributed by atoms with Gasteiger partial charge in [-0.2, -0.15) is 43.9 Å². The molecule has 1 atom stereocenters. The Kier molecular flexibility index (Phi) is 6.59. The first-order valence-corrected chi connectivity index (χ1v) is 6.46. The molecule has 0 spiro atoms. The van der Waals surface area contributed by atoms with Crippen LogP contribution in [-0.2, 0) is 9.53 Å². The number of esters is 1. The van der Waals surface area contributed by atoms with E-state index in [0.717, 1.165) is 6.92 Å². The van der Waals surface area contributed by atoms with Gasteiger partial charge in [0, 0.05) is 12.8 Å². The van der Waals surface area contributed by atoms with Gasteiger partial charge in [-0.3, -0.25) is 4.79 Å². The average Bonchev–Trinajstić information content (AvgIpc) is 2.39. The Hall–Kier alpha value is -1.23. The number of ether oxygens (including phenoxy) is 1. The molecule has 12 heteroatoms. The number of carbonyl (C=O) groups excluding carboxylic acids is 1. The average molecular weight is 380 g/mol. The summed E-state index contributed by atoms with van der Waals surface area (Å²) < 4.78 is 130. The molecule has 0 amide bonds. The zero-order valence-corrected chi connectivity index (χ0v) is 12.4. The van der Waals surface area contributed by atoms with Gasteiger partial charge >= 0.3 is 30.2 Å². The first-order chi connectivity index (χ1) is 10.4. The molecule has 0 heterocycles. The molecule has 0 aromatic heterocycles. The topological polar surface area (TPSA) is 26.3 Å². The Morgan fingerprint density at radius 1 is 0.833 bits per heavy atom. The summed E-state index contributed by atoms with van der Waals surface area (Å²) in [6, 6.07) is 0. The highest BCUT2D eigenvalue weighted by atomic mass is 19.4. The normalized spacial score (nSPS) is 16.7. The highest BCUT2D eigenvalue weighted by Gasteiger charge is 2.60. The second kappa shape index (κ2) is 6.95. The summed E-state index contributed by atoms with van der Waals surface area (Å²) in [7, 11) is 0. The zero-order chi connectivity index (χ0) is 19.6. The second-order valence-electron chi connectivity index (χ2n) is 5.28. The van der Waals surface area contributed by atoms with Crippen LogP contribution in [-0.4, -0.2) is 36.8 Å². The molecule has 0 fully saturated rings. The van der Waals surface area contributed by atoms with Crippen LogP contribution in [0.1, 0.15) is 33.1 Å². The van der Waals surface area contributed by atoms with Gasteiger partial charge in [-0.05, 0) is 13.3 Å². The first-order valence-electron chi connectivity index (χ1n) is 6.46. The molecule has 0 aromatic rings. The minimum absolute atomic E-state index is 0.329. The molecular formula is C12H14F10O2. The van der Waals surface area contributed by atoms with Crippen LogP contribution in [0.2, 0.25) is 0 Å². The third-order valence-electron chi connectivity index (χ3n) is 3.43. The van der Waals surface area contributed by atoms with E-state index in [0.29, 0.717) is 6.92 Å². The lowest BCUT2D eigenvalue weighted by molar-refractivity contribution is -0.257. The molecule has 0 radical (unpaired) electrons. The van der Waals surface area contributed by atoms with Crippen molar-refractivity contribution in [1.29, 1.82) is 0 Å². The van der Waals surface area contributed by atoms with Crippen LogP contribution in [0, 0.1) is 5.41 Å². The van der Waals surface area contributed by atoms with Gasteiger partial charge in [-0.15, -0.1) is 0 Å².